The molecule has 3 atom stereocenters. The Balaban J connectivity index is 2.16. The van der Waals surface area contributed by atoms with Crippen molar-refractivity contribution in [3.63, 3.8) is 0 Å². The van der Waals surface area contributed by atoms with Crippen molar-refractivity contribution >= 4 is 5.97 Å². The van der Waals surface area contributed by atoms with Crippen LogP contribution < -0.4 is 0 Å². The lowest BCUT2D eigenvalue weighted by Gasteiger charge is -2.22. The average molecular weight is 144 g/mol. The molecule has 56 valence electrons. The van der Waals surface area contributed by atoms with Crippen molar-refractivity contribution in [2.45, 2.75) is 24.7 Å². The van der Waals surface area contributed by atoms with Crippen molar-refractivity contribution in [1.29, 1.82) is 0 Å². The summed E-state index contributed by atoms with van der Waals surface area (Å²) in [5, 5.41) is 9.22. The van der Waals surface area contributed by atoms with Crippen LogP contribution in [-0.2, 0) is 14.3 Å². The summed E-state index contributed by atoms with van der Waals surface area (Å²) in [4.78, 5) is 10.7. The van der Waals surface area contributed by atoms with Crippen molar-refractivity contribution in [3.05, 3.63) is 0 Å². The minimum atomic E-state index is -0.599. The maximum absolute atomic E-state index is 10.7. The van der Waals surface area contributed by atoms with Gasteiger partial charge in [-0.3, -0.25) is 4.79 Å². The maximum Gasteiger partial charge on any atom is 0.308 e. The van der Waals surface area contributed by atoms with Crippen LogP contribution in [0.4, 0.5) is 0 Å². The van der Waals surface area contributed by atoms with Crippen LogP contribution in [-0.4, -0.2) is 36.0 Å². The second-order valence-electron chi connectivity index (χ2n) is 2.59. The van der Waals surface area contributed by atoms with Gasteiger partial charge in [0.05, 0.1) is 19.1 Å². The first-order valence-corrected chi connectivity index (χ1v) is 3.26. The molecule has 0 aromatic rings. The van der Waals surface area contributed by atoms with E-state index in [4.69, 9.17) is 9.47 Å². The Hall–Kier alpha value is -0.610. The van der Waals surface area contributed by atoms with E-state index in [1.807, 2.05) is 0 Å². The number of esters is 1. The number of aliphatic hydroxyl groups is 1. The number of carbonyl (C=O) groups is 1. The molecule has 0 aromatic carbocycles. The molecule has 4 nitrogen and oxygen atoms in total. The molecule has 0 saturated carbocycles. The van der Waals surface area contributed by atoms with Crippen molar-refractivity contribution in [2.24, 2.45) is 0 Å². The summed E-state index contributed by atoms with van der Waals surface area (Å²) >= 11 is 0. The van der Waals surface area contributed by atoms with Gasteiger partial charge in [0.2, 0.25) is 0 Å². The highest BCUT2D eigenvalue weighted by molar-refractivity contribution is 5.71. The smallest absolute Gasteiger partial charge is 0.308 e. The molecule has 2 rings (SSSR count). The molecule has 0 unspecified atom stereocenters. The molecule has 2 saturated heterocycles. The SMILES string of the molecule is O=C1C[C@@H]2OC[C@H](O1)[C@H]2O. The predicted molar refractivity (Wildman–Crippen MR) is 30.2 cm³/mol. The molecule has 2 aliphatic rings. The van der Waals surface area contributed by atoms with E-state index in [2.05, 4.69) is 0 Å². The number of fused-ring (bicyclic) bond motifs is 2. The van der Waals surface area contributed by atoms with Crippen LogP contribution in [0.3, 0.4) is 0 Å². The standard InChI is InChI=1S/C6H8O4/c7-5-1-3-6(8)4(10-5)2-9-3/h3-4,6,8H,1-2H2/t3-,4-,6-/m0/s1. The van der Waals surface area contributed by atoms with Gasteiger partial charge in [-0.2, -0.15) is 0 Å². The van der Waals surface area contributed by atoms with E-state index in [0.29, 0.717) is 6.61 Å². The summed E-state index contributed by atoms with van der Waals surface area (Å²) in [5.41, 5.74) is 0. The Morgan fingerprint density at radius 1 is 1.50 bits per heavy atom. The summed E-state index contributed by atoms with van der Waals surface area (Å²) in [6.45, 7) is 0.345. The molecule has 0 spiro atoms. The van der Waals surface area contributed by atoms with E-state index in [0.717, 1.165) is 0 Å². The fraction of sp³-hybridized carbons (Fsp3) is 0.833. The van der Waals surface area contributed by atoms with Gasteiger partial charge in [-0.1, -0.05) is 0 Å². The largest absolute Gasteiger partial charge is 0.457 e. The quantitative estimate of drug-likeness (QED) is 0.446. The molecule has 2 bridgehead atoms. The number of aliphatic hydroxyl groups excluding tert-OH is 1. The molecular formula is C6H8O4. The van der Waals surface area contributed by atoms with Crippen LogP contribution in [0.25, 0.3) is 0 Å². The van der Waals surface area contributed by atoms with Gasteiger partial charge in [0.25, 0.3) is 0 Å². The molecule has 0 aliphatic carbocycles. The molecule has 0 radical (unpaired) electrons. The summed E-state index contributed by atoms with van der Waals surface area (Å²) in [5.74, 6) is -0.266. The van der Waals surface area contributed by atoms with E-state index >= 15 is 0 Å². The van der Waals surface area contributed by atoms with Gasteiger partial charge in [-0.05, 0) is 0 Å². The number of hydrogen-bond donors (Lipinski definition) is 1. The first-order valence-electron chi connectivity index (χ1n) is 3.26. The zero-order chi connectivity index (χ0) is 7.14. The van der Waals surface area contributed by atoms with Crippen molar-refractivity contribution in [1.82, 2.24) is 0 Å². The topological polar surface area (TPSA) is 55.8 Å². The highest BCUT2D eigenvalue weighted by Crippen LogP contribution is 2.25. The predicted octanol–water partition coefficient (Wildman–Crippen LogP) is -0.938. The molecule has 1 N–H and O–H groups in total. The zero-order valence-corrected chi connectivity index (χ0v) is 5.32. The lowest BCUT2D eigenvalue weighted by Crippen LogP contribution is -2.40. The highest BCUT2D eigenvalue weighted by Gasteiger charge is 2.44. The number of carbonyl (C=O) groups excluding carboxylic acids is 1. The van der Waals surface area contributed by atoms with Gasteiger partial charge in [0, 0.05) is 0 Å². The van der Waals surface area contributed by atoms with Crippen LogP contribution in [0.15, 0.2) is 0 Å². The molecular weight excluding hydrogens is 136 g/mol. The number of hydrogen-bond acceptors (Lipinski definition) is 4. The second-order valence-corrected chi connectivity index (χ2v) is 2.59. The van der Waals surface area contributed by atoms with Gasteiger partial charge in [-0.15, -0.1) is 0 Å². The molecule has 2 heterocycles. The lowest BCUT2D eigenvalue weighted by molar-refractivity contribution is -0.160. The minimum absolute atomic E-state index is 0.192. The highest BCUT2D eigenvalue weighted by atomic mass is 16.6. The first kappa shape index (κ1) is 6.12. The third-order valence-electron chi connectivity index (χ3n) is 1.89. The van der Waals surface area contributed by atoms with Crippen LogP contribution in [0.5, 0.6) is 0 Å². The van der Waals surface area contributed by atoms with E-state index < -0.39 is 12.2 Å². The Labute approximate surface area is 57.7 Å². The summed E-state index contributed by atoms with van der Waals surface area (Å²) in [6, 6.07) is 0. The Kier molecular flexibility index (Phi) is 1.18. The van der Waals surface area contributed by atoms with E-state index in [1.165, 1.54) is 0 Å². The molecule has 0 amide bonds. The molecule has 4 heteroatoms. The Morgan fingerprint density at radius 2 is 2.30 bits per heavy atom. The van der Waals surface area contributed by atoms with E-state index in [1.54, 1.807) is 0 Å². The van der Waals surface area contributed by atoms with Crippen LogP contribution in [0.1, 0.15) is 6.42 Å². The van der Waals surface area contributed by atoms with Crippen LogP contribution in [0.2, 0.25) is 0 Å². The minimum Gasteiger partial charge on any atom is -0.457 e. The lowest BCUT2D eigenvalue weighted by atomic mass is 10.1. The fourth-order valence-corrected chi connectivity index (χ4v) is 1.32. The van der Waals surface area contributed by atoms with Crippen molar-refractivity contribution < 1.29 is 19.4 Å². The zero-order valence-electron chi connectivity index (χ0n) is 5.32. The van der Waals surface area contributed by atoms with Gasteiger partial charge in [0.15, 0.2) is 6.10 Å². The van der Waals surface area contributed by atoms with Crippen LogP contribution in [0, 0.1) is 0 Å². The molecule has 2 aliphatic heterocycles. The van der Waals surface area contributed by atoms with E-state index in [9.17, 15) is 9.90 Å². The number of rotatable bonds is 0. The average Bonchev–Trinajstić information content (AvgIpc) is 2.20. The van der Waals surface area contributed by atoms with Crippen LogP contribution >= 0.6 is 0 Å². The monoisotopic (exact) mass is 144 g/mol. The molecule has 2 fully saturated rings. The summed E-state index contributed by atoms with van der Waals surface area (Å²) < 4.78 is 9.84. The normalized spacial score (nSPS) is 45.3. The second kappa shape index (κ2) is 1.93. The molecule has 0 aromatic heterocycles. The van der Waals surface area contributed by atoms with Crippen molar-refractivity contribution in [3.8, 4) is 0 Å². The van der Waals surface area contributed by atoms with Gasteiger partial charge >= 0.3 is 5.97 Å². The third kappa shape index (κ3) is 0.726. The summed E-state index contributed by atoms with van der Waals surface area (Å²) in [7, 11) is 0. The third-order valence-corrected chi connectivity index (χ3v) is 1.89. The Bertz CT molecular complexity index is 151. The number of ether oxygens (including phenoxy) is 2. The van der Waals surface area contributed by atoms with Gasteiger partial charge in [-0.25, -0.2) is 0 Å². The molecule has 10 heavy (non-hydrogen) atoms. The Morgan fingerprint density at radius 3 is 3.00 bits per heavy atom. The first-order chi connectivity index (χ1) is 4.77. The van der Waals surface area contributed by atoms with Gasteiger partial charge in [0.1, 0.15) is 6.10 Å². The fourth-order valence-electron chi connectivity index (χ4n) is 1.32. The van der Waals surface area contributed by atoms with Gasteiger partial charge < -0.3 is 14.6 Å². The van der Waals surface area contributed by atoms with E-state index in [-0.39, 0.29) is 18.5 Å². The maximum atomic E-state index is 10.7. The van der Waals surface area contributed by atoms with Crippen molar-refractivity contribution in [2.75, 3.05) is 6.61 Å². The summed E-state index contributed by atoms with van der Waals surface area (Å²) in [6.07, 6.45) is -1.13.